The first-order valence-corrected chi connectivity index (χ1v) is 8.59. The van der Waals surface area contributed by atoms with E-state index in [4.69, 9.17) is 9.47 Å². The Morgan fingerprint density at radius 2 is 2.04 bits per heavy atom. The van der Waals surface area contributed by atoms with Crippen LogP contribution in [0.3, 0.4) is 0 Å². The molecule has 134 valence electrons. The molecule has 1 amide bonds. The largest absolute Gasteiger partial charge is 0.478 e. The van der Waals surface area contributed by atoms with Crippen molar-refractivity contribution in [2.75, 3.05) is 13.2 Å². The molecular weight excluding hydrogens is 318 g/mol. The second-order valence-electron chi connectivity index (χ2n) is 6.08. The molecular formula is C19H25N3O3. The van der Waals surface area contributed by atoms with Crippen molar-refractivity contribution in [3.63, 3.8) is 0 Å². The zero-order valence-electron chi connectivity index (χ0n) is 15.0. The van der Waals surface area contributed by atoms with Gasteiger partial charge in [-0.25, -0.2) is 9.48 Å². The highest BCUT2D eigenvalue weighted by atomic mass is 16.5. The predicted molar refractivity (Wildman–Crippen MR) is 95.7 cm³/mol. The number of amides is 1. The number of benzene rings is 1. The fourth-order valence-electron chi connectivity index (χ4n) is 2.02. The van der Waals surface area contributed by atoms with Crippen LogP contribution < -0.4 is 10.1 Å². The first-order chi connectivity index (χ1) is 12.1. The molecule has 0 bridgehead atoms. The number of carbonyl (C=O) groups is 1. The summed E-state index contributed by atoms with van der Waals surface area (Å²) in [5, 5.41) is 4.78. The van der Waals surface area contributed by atoms with Gasteiger partial charge in [0.25, 0.3) is 0 Å². The van der Waals surface area contributed by atoms with Crippen molar-refractivity contribution < 1.29 is 14.3 Å². The summed E-state index contributed by atoms with van der Waals surface area (Å²) in [6, 6.07) is 11.4. The Labute approximate surface area is 148 Å². The van der Waals surface area contributed by atoms with Crippen LogP contribution in [-0.2, 0) is 4.74 Å². The predicted octanol–water partition coefficient (Wildman–Crippen LogP) is 3.74. The number of rotatable bonds is 7. The van der Waals surface area contributed by atoms with Gasteiger partial charge in [-0.3, -0.25) is 0 Å². The van der Waals surface area contributed by atoms with Crippen molar-refractivity contribution in [2.45, 2.75) is 33.6 Å². The van der Waals surface area contributed by atoms with Gasteiger partial charge >= 0.3 is 6.09 Å². The van der Waals surface area contributed by atoms with E-state index in [1.54, 1.807) is 10.7 Å². The van der Waals surface area contributed by atoms with Crippen molar-refractivity contribution in [3.05, 3.63) is 48.0 Å². The zero-order valence-corrected chi connectivity index (χ0v) is 15.0. The van der Waals surface area contributed by atoms with E-state index in [-0.39, 0.29) is 5.92 Å². The lowest BCUT2D eigenvalue weighted by molar-refractivity contribution is 0.142. The van der Waals surface area contributed by atoms with Gasteiger partial charge in [-0.1, -0.05) is 45.4 Å². The fraction of sp³-hybridized carbons (Fsp3) is 0.421. The maximum atomic E-state index is 11.8. The molecule has 0 fully saturated rings. The average Bonchev–Trinajstić information content (AvgIpc) is 2.61. The van der Waals surface area contributed by atoms with Gasteiger partial charge in [0.15, 0.2) is 0 Å². The summed E-state index contributed by atoms with van der Waals surface area (Å²) >= 11 is 0. The molecule has 1 aromatic heterocycles. The van der Waals surface area contributed by atoms with Crippen molar-refractivity contribution in [3.8, 4) is 11.6 Å². The summed E-state index contributed by atoms with van der Waals surface area (Å²) in [7, 11) is 0. The zero-order chi connectivity index (χ0) is 18.1. The Hall–Kier alpha value is -2.63. The van der Waals surface area contributed by atoms with Crippen LogP contribution in [0.2, 0.25) is 0 Å². The Morgan fingerprint density at radius 3 is 2.72 bits per heavy atom. The quantitative estimate of drug-likeness (QED) is 0.718. The van der Waals surface area contributed by atoms with E-state index in [1.807, 2.05) is 44.2 Å². The molecule has 0 atom stereocenters. The molecule has 25 heavy (non-hydrogen) atoms. The lowest BCUT2D eigenvalue weighted by atomic mass is 10.2. The van der Waals surface area contributed by atoms with Crippen LogP contribution >= 0.6 is 0 Å². The van der Waals surface area contributed by atoms with Crippen LogP contribution in [0.25, 0.3) is 5.69 Å². The molecule has 6 nitrogen and oxygen atoms in total. The fourth-order valence-corrected chi connectivity index (χ4v) is 2.02. The molecule has 6 heteroatoms. The van der Waals surface area contributed by atoms with Gasteiger partial charge in [0, 0.05) is 6.07 Å². The summed E-state index contributed by atoms with van der Waals surface area (Å²) in [6.45, 7) is 6.96. The topological polar surface area (TPSA) is 65.7 Å². The highest BCUT2D eigenvalue weighted by Gasteiger charge is 2.07. The summed E-state index contributed by atoms with van der Waals surface area (Å²) < 4.78 is 12.6. The van der Waals surface area contributed by atoms with Gasteiger partial charge in [0.1, 0.15) is 0 Å². The van der Waals surface area contributed by atoms with E-state index in [2.05, 4.69) is 17.0 Å². The second kappa shape index (κ2) is 9.61. The summed E-state index contributed by atoms with van der Waals surface area (Å²) in [5.41, 5.74) is 0.878. The number of carbonyl (C=O) groups excluding carboxylic acids is 1. The summed E-state index contributed by atoms with van der Waals surface area (Å²) in [5.74, 6) is 0.804. The molecule has 0 aliphatic heterocycles. The first kappa shape index (κ1) is 18.7. The van der Waals surface area contributed by atoms with Crippen LogP contribution in [0.5, 0.6) is 5.88 Å². The van der Waals surface area contributed by atoms with Crippen LogP contribution in [0.1, 0.15) is 33.6 Å². The Balaban J connectivity index is 2.28. The Bertz CT molecular complexity index is 739. The van der Waals surface area contributed by atoms with Gasteiger partial charge in [-0.2, -0.15) is 10.1 Å². The number of unbranched alkanes of at least 4 members (excludes halogenated alkanes) is 1. The minimum Gasteiger partial charge on any atom is -0.478 e. The third-order valence-corrected chi connectivity index (χ3v) is 3.29. The number of hydrogen-bond donors (Lipinski definition) is 0. The lowest BCUT2D eigenvalue weighted by Gasteiger charge is -2.13. The van der Waals surface area contributed by atoms with Crippen LogP contribution in [0, 0.1) is 5.92 Å². The van der Waals surface area contributed by atoms with Gasteiger partial charge in [0.05, 0.1) is 30.5 Å². The van der Waals surface area contributed by atoms with Gasteiger partial charge in [-0.15, -0.1) is 0 Å². The van der Waals surface area contributed by atoms with Crippen LogP contribution in [0.4, 0.5) is 4.79 Å². The van der Waals surface area contributed by atoms with E-state index in [1.165, 1.54) is 6.20 Å². The van der Waals surface area contributed by atoms with E-state index in [0.29, 0.717) is 24.5 Å². The number of nitrogens with zero attached hydrogens (tertiary/aromatic N) is 3. The van der Waals surface area contributed by atoms with E-state index < -0.39 is 6.09 Å². The molecule has 0 radical (unpaired) electrons. The summed E-state index contributed by atoms with van der Waals surface area (Å²) in [4.78, 5) is 15.7. The van der Waals surface area contributed by atoms with Crippen LogP contribution in [-0.4, -0.2) is 29.1 Å². The monoisotopic (exact) mass is 343 g/mol. The normalized spacial score (nSPS) is 11.6. The molecule has 0 saturated heterocycles. The van der Waals surface area contributed by atoms with E-state index in [0.717, 1.165) is 18.5 Å². The molecule has 0 spiro atoms. The smallest absolute Gasteiger partial charge is 0.434 e. The molecule has 0 aliphatic rings. The minimum absolute atomic E-state index is 0.265. The van der Waals surface area contributed by atoms with Gasteiger partial charge < -0.3 is 9.47 Å². The van der Waals surface area contributed by atoms with Gasteiger partial charge in [-0.05, 0) is 24.5 Å². The molecule has 0 N–H and O–H groups in total. The molecule has 0 saturated carbocycles. The Morgan fingerprint density at radius 1 is 1.28 bits per heavy atom. The molecule has 2 rings (SSSR count). The maximum absolute atomic E-state index is 11.8. The highest BCUT2D eigenvalue weighted by Crippen LogP contribution is 2.14. The van der Waals surface area contributed by atoms with Crippen LogP contribution in [0.15, 0.2) is 47.6 Å². The molecule has 2 aromatic rings. The Kier molecular flexibility index (Phi) is 7.19. The number of ether oxygens (including phenoxy) is 2. The average molecular weight is 343 g/mol. The first-order valence-electron chi connectivity index (χ1n) is 8.59. The second-order valence-corrected chi connectivity index (χ2v) is 6.08. The number of para-hydroxylation sites is 1. The minimum atomic E-state index is -0.618. The van der Waals surface area contributed by atoms with Crippen molar-refractivity contribution in [2.24, 2.45) is 10.9 Å². The van der Waals surface area contributed by atoms with Crippen molar-refractivity contribution in [1.29, 1.82) is 0 Å². The van der Waals surface area contributed by atoms with Gasteiger partial charge in [0.2, 0.25) is 5.88 Å². The maximum Gasteiger partial charge on any atom is 0.434 e. The molecule has 0 aliphatic carbocycles. The number of aromatic nitrogens is 2. The van der Waals surface area contributed by atoms with E-state index in [9.17, 15) is 4.79 Å². The molecule has 1 aromatic carbocycles. The van der Waals surface area contributed by atoms with E-state index >= 15 is 0 Å². The third-order valence-electron chi connectivity index (χ3n) is 3.29. The third kappa shape index (κ3) is 6.06. The standard InChI is InChI=1S/C19H25N3O3/c1-4-5-11-24-18-12-16(21-19(23)25-14-15(2)3)13-20-22(18)17-9-7-6-8-10-17/h6-10,12-13,15H,4-5,11,14H2,1-3H3/b21-16+. The lowest BCUT2D eigenvalue weighted by Crippen LogP contribution is -2.16. The number of hydrogen-bond acceptors (Lipinski definition) is 4. The molecule has 1 heterocycles. The van der Waals surface area contributed by atoms with Crippen molar-refractivity contribution in [1.82, 2.24) is 9.78 Å². The molecule has 0 unspecified atom stereocenters. The SMILES string of the molecule is CCCCOc1c/c(=N\C(=O)OCC(C)C)cnn1-c1ccccc1. The van der Waals surface area contributed by atoms with Crippen molar-refractivity contribution >= 4 is 6.09 Å². The highest BCUT2D eigenvalue weighted by molar-refractivity contribution is 5.68. The summed E-state index contributed by atoms with van der Waals surface area (Å²) in [6.07, 6.45) is 2.88.